The number of hydrogen-bond donors (Lipinski definition) is 1. The molecule has 0 spiro atoms. The van der Waals surface area contributed by atoms with Gasteiger partial charge in [0.25, 0.3) is 0 Å². The molecular formula is C19H12F3N3S. The second-order valence-electron chi connectivity index (χ2n) is 5.59. The van der Waals surface area contributed by atoms with Crippen LogP contribution in [0.5, 0.6) is 0 Å². The summed E-state index contributed by atoms with van der Waals surface area (Å²) < 4.78 is 39.7. The van der Waals surface area contributed by atoms with Gasteiger partial charge in [0.1, 0.15) is 17.0 Å². The van der Waals surface area contributed by atoms with Gasteiger partial charge in [-0.1, -0.05) is 42.5 Å². The summed E-state index contributed by atoms with van der Waals surface area (Å²) in [5.74, 6) is 0.352. The van der Waals surface area contributed by atoms with Gasteiger partial charge in [0, 0.05) is 4.88 Å². The van der Waals surface area contributed by atoms with E-state index in [9.17, 15) is 13.2 Å². The first-order valence-electron chi connectivity index (χ1n) is 7.75. The van der Waals surface area contributed by atoms with Crippen LogP contribution in [0.3, 0.4) is 0 Å². The van der Waals surface area contributed by atoms with Crippen molar-refractivity contribution >= 4 is 33.1 Å². The summed E-state index contributed by atoms with van der Waals surface area (Å²) in [7, 11) is 0. The molecule has 130 valence electrons. The number of halogens is 3. The highest BCUT2D eigenvalue weighted by atomic mass is 32.1. The van der Waals surface area contributed by atoms with Crippen molar-refractivity contribution in [1.82, 2.24) is 9.97 Å². The first kappa shape index (κ1) is 16.5. The number of aromatic nitrogens is 2. The highest BCUT2D eigenvalue weighted by Gasteiger charge is 2.33. The molecule has 7 heteroatoms. The zero-order valence-electron chi connectivity index (χ0n) is 13.3. The van der Waals surface area contributed by atoms with Crippen molar-refractivity contribution < 1.29 is 13.2 Å². The highest BCUT2D eigenvalue weighted by molar-refractivity contribution is 7.21. The van der Waals surface area contributed by atoms with Crippen LogP contribution in [0.2, 0.25) is 0 Å². The Morgan fingerprint density at radius 1 is 0.885 bits per heavy atom. The van der Waals surface area contributed by atoms with Crippen LogP contribution in [-0.4, -0.2) is 9.97 Å². The van der Waals surface area contributed by atoms with Crippen molar-refractivity contribution in [1.29, 1.82) is 0 Å². The van der Waals surface area contributed by atoms with Crippen LogP contribution in [0.1, 0.15) is 5.56 Å². The molecule has 3 nitrogen and oxygen atoms in total. The monoisotopic (exact) mass is 371 g/mol. The molecule has 0 amide bonds. The molecule has 1 N–H and O–H groups in total. The molecule has 0 unspecified atom stereocenters. The topological polar surface area (TPSA) is 37.8 Å². The highest BCUT2D eigenvalue weighted by Crippen LogP contribution is 2.38. The van der Waals surface area contributed by atoms with Crippen molar-refractivity contribution in [2.45, 2.75) is 6.18 Å². The molecule has 2 aromatic heterocycles. The molecule has 0 aliphatic heterocycles. The average Bonchev–Trinajstić information content (AvgIpc) is 3.07. The zero-order chi connectivity index (χ0) is 18.1. The largest absolute Gasteiger partial charge is 0.418 e. The van der Waals surface area contributed by atoms with Gasteiger partial charge in [-0.25, -0.2) is 9.97 Å². The van der Waals surface area contributed by atoms with E-state index in [2.05, 4.69) is 15.3 Å². The van der Waals surface area contributed by atoms with Gasteiger partial charge in [-0.3, -0.25) is 0 Å². The lowest BCUT2D eigenvalue weighted by molar-refractivity contribution is -0.136. The van der Waals surface area contributed by atoms with Crippen molar-refractivity contribution in [2.75, 3.05) is 5.32 Å². The summed E-state index contributed by atoms with van der Waals surface area (Å²) in [4.78, 5) is 10.1. The second kappa shape index (κ2) is 6.42. The van der Waals surface area contributed by atoms with E-state index < -0.39 is 11.7 Å². The van der Waals surface area contributed by atoms with E-state index in [4.69, 9.17) is 0 Å². The van der Waals surface area contributed by atoms with Crippen LogP contribution in [0.4, 0.5) is 24.7 Å². The van der Waals surface area contributed by atoms with Gasteiger partial charge in [-0.15, -0.1) is 11.3 Å². The number of benzene rings is 2. The average molecular weight is 371 g/mol. The Hall–Kier alpha value is -2.93. The fraction of sp³-hybridized carbons (Fsp3) is 0.0526. The minimum absolute atomic E-state index is 0.0348. The number of nitrogens with one attached hydrogen (secondary N) is 1. The Morgan fingerprint density at radius 3 is 2.38 bits per heavy atom. The molecule has 26 heavy (non-hydrogen) atoms. The maximum Gasteiger partial charge on any atom is 0.418 e. The third-order valence-electron chi connectivity index (χ3n) is 3.87. The van der Waals surface area contributed by atoms with Crippen molar-refractivity contribution in [3.63, 3.8) is 0 Å². The number of alkyl halides is 3. The Bertz CT molecular complexity index is 1060. The molecule has 4 rings (SSSR count). The third-order valence-corrected chi connectivity index (χ3v) is 4.97. The fourth-order valence-electron chi connectivity index (χ4n) is 2.67. The fourth-order valence-corrected chi connectivity index (χ4v) is 3.67. The minimum Gasteiger partial charge on any atom is -0.339 e. The lowest BCUT2D eigenvalue weighted by Gasteiger charge is -2.14. The normalized spacial score (nSPS) is 11.7. The zero-order valence-corrected chi connectivity index (χ0v) is 14.1. The predicted molar refractivity (Wildman–Crippen MR) is 97.6 cm³/mol. The summed E-state index contributed by atoms with van der Waals surface area (Å²) >= 11 is 1.47. The number of nitrogens with zero attached hydrogens (tertiary/aromatic N) is 2. The van der Waals surface area contributed by atoms with Crippen LogP contribution in [-0.2, 0) is 6.18 Å². The standard InChI is InChI=1S/C19H12F3N3S/c20-19(21,22)14-8-4-5-9-15(14)25-17-13-10-16(12-6-2-1-3-7-12)26-18(13)24-11-23-17/h1-11H,(H,23,24,25). The quantitative estimate of drug-likeness (QED) is 0.471. The van der Waals surface area contributed by atoms with Gasteiger partial charge in [-0.2, -0.15) is 13.2 Å². The molecule has 0 aliphatic carbocycles. The molecule has 0 bridgehead atoms. The molecule has 2 aromatic carbocycles. The van der Waals surface area contributed by atoms with E-state index in [0.29, 0.717) is 16.0 Å². The second-order valence-corrected chi connectivity index (χ2v) is 6.62. The Balaban J connectivity index is 1.78. The van der Waals surface area contributed by atoms with E-state index >= 15 is 0 Å². The molecule has 0 saturated heterocycles. The first-order valence-corrected chi connectivity index (χ1v) is 8.57. The first-order chi connectivity index (χ1) is 12.5. The van der Waals surface area contributed by atoms with Gasteiger partial charge >= 0.3 is 6.18 Å². The van der Waals surface area contributed by atoms with Gasteiger partial charge < -0.3 is 5.32 Å². The van der Waals surface area contributed by atoms with Crippen LogP contribution in [0, 0.1) is 0 Å². The van der Waals surface area contributed by atoms with Crippen molar-refractivity contribution in [2.24, 2.45) is 0 Å². The number of thiophene rings is 1. The summed E-state index contributed by atoms with van der Waals surface area (Å²) in [5, 5.41) is 3.51. The van der Waals surface area contributed by atoms with Gasteiger partial charge in [-0.05, 0) is 23.8 Å². The van der Waals surface area contributed by atoms with Crippen LogP contribution >= 0.6 is 11.3 Å². The number of fused-ring (bicyclic) bond motifs is 1. The predicted octanol–water partition coefficient (Wildman–Crippen LogP) is 6.12. The van der Waals surface area contributed by atoms with Gasteiger partial charge in [0.15, 0.2) is 0 Å². The minimum atomic E-state index is -4.44. The summed E-state index contributed by atoms with van der Waals surface area (Å²) in [6.45, 7) is 0. The summed E-state index contributed by atoms with van der Waals surface area (Å²) in [6.07, 6.45) is -3.09. The van der Waals surface area contributed by atoms with Crippen LogP contribution < -0.4 is 5.32 Å². The SMILES string of the molecule is FC(F)(F)c1ccccc1Nc1ncnc2sc(-c3ccccc3)cc12. The molecule has 0 fully saturated rings. The van der Waals surface area contributed by atoms with Crippen molar-refractivity contribution in [3.05, 3.63) is 72.6 Å². The van der Waals surface area contributed by atoms with Crippen molar-refractivity contribution in [3.8, 4) is 10.4 Å². The van der Waals surface area contributed by atoms with Crippen LogP contribution in [0.15, 0.2) is 67.0 Å². The number of anilines is 2. The maximum absolute atomic E-state index is 13.2. The van der Waals surface area contributed by atoms with E-state index in [0.717, 1.165) is 16.5 Å². The van der Waals surface area contributed by atoms with Crippen LogP contribution in [0.25, 0.3) is 20.7 Å². The molecule has 4 aromatic rings. The van der Waals surface area contributed by atoms with E-state index in [1.54, 1.807) is 6.07 Å². The van der Waals surface area contributed by atoms with E-state index in [-0.39, 0.29) is 5.69 Å². The Labute approximate surface area is 151 Å². The van der Waals surface area contributed by atoms with E-state index in [1.807, 2.05) is 36.4 Å². The molecule has 0 atom stereocenters. The lowest BCUT2D eigenvalue weighted by atomic mass is 10.1. The molecule has 0 aliphatic rings. The third kappa shape index (κ3) is 3.13. The maximum atomic E-state index is 13.2. The summed E-state index contributed by atoms with van der Waals surface area (Å²) in [5.41, 5.74) is 0.259. The summed E-state index contributed by atoms with van der Waals surface area (Å²) in [6, 6.07) is 17.0. The number of para-hydroxylation sites is 1. The lowest BCUT2D eigenvalue weighted by Crippen LogP contribution is -2.09. The smallest absolute Gasteiger partial charge is 0.339 e. The molecular weight excluding hydrogens is 359 g/mol. The number of rotatable bonds is 3. The Kier molecular flexibility index (Phi) is 4.08. The molecule has 0 saturated carbocycles. The van der Waals surface area contributed by atoms with Gasteiger partial charge in [0.2, 0.25) is 0 Å². The molecule has 0 radical (unpaired) electrons. The van der Waals surface area contributed by atoms with E-state index in [1.165, 1.54) is 29.8 Å². The molecule has 2 heterocycles. The Morgan fingerprint density at radius 2 is 1.62 bits per heavy atom. The van der Waals surface area contributed by atoms with Gasteiger partial charge in [0.05, 0.1) is 16.6 Å². The number of hydrogen-bond acceptors (Lipinski definition) is 4.